The van der Waals surface area contributed by atoms with Gasteiger partial charge in [-0.2, -0.15) is 0 Å². The minimum atomic E-state index is -0.718. The first kappa shape index (κ1) is 23.9. The van der Waals surface area contributed by atoms with Crippen molar-refractivity contribution in [2.24, 2.45) is 5.73 Å². The zero-order valence-corrected chi connectivity index (χ0v) is 18.0. The van der Waals surface area contributed by atoms with Crippen LogP contribution in [0.5, 0.6) is 5.75 Å². The van der Waals surface area contributed by atoms with Gasteiger partial charge >= 0.3 is 0 Å². The van der Waals surface area contributed by atoms with Gasteiger partial charge in [-0.25, -0.2) is 0 Å². The second kappa shape index (κ2) is 11.7. The minimum absolute atomic E-state index is 0. The normalized spacial score (nSPS) is 11.1. The fraction of sp³-hybridized carbons (Fsp3) is 0.167. The van der Waals surface area contributed by atoms with E-state index in [-0.39, 0.29) is 24.1 Å². The molecule has 0 saturated heterocycles. The summed E-state index contributed by atoms with van der Waals surface area (Å²) in [5.41, 5.74) is 8.85. The molecule has 0 aliphatic carbocycles. The van der Waals surface area contributed by atoms with E-state index in [4.69, 9.17) is 20.6 Å². The Hall–Kier alpha value is -3.35. The van der Waals surface area contributed by atoms with Crippen LogP contribution >= 0.6 is 12.4 Å². The van der Waals surface area contributed by atoms with Crippen molar-refractivity contribution in [1.82, 2.24) is 5.32 Å². The number of amidine groups is 1. The highest BCUT2D eigenvalue weighted by Gasteiger charge is 2.19. The largest absolute Gasteiger partial charge is 0.489 e. The summed E-state index contributed by atoms with van der Waals surface area (Å²) in [4.78, 5) is 12.6. The molecule has 0 bridgehead atoms. The summed E-state index contributed by atoms with van der Waals surface area (Å²) < 4.78 is 11.2. The smallest absolute Gasteiger partial charge is 0.254 e. The third kappa shape index (κ3) is 6.84. The lowest BCUT2D eigenvalue weighted by molar-refractivity contribution is -0.131. The summed E-state index contributed by atoms with van der Waals surface area (Å²) >= 11 is 0. The number of amides is 1. The molecule has 4 N–H and O–H groups in total. The molecule has 0 fully saturated rings. The first-order valence-electron chi connectivity index (χ1n) is 9.57. The van der Waals surface area contributed by atoms with Gasteiger partial charge in [0.25, 0.3) is 5.91 Å². The van der Waals surface area contributed by atoms with Crippen LogP contribution in [0.1, 0.15) is 28.4 Å². The van der Waals surface area contributed by atoms with Gasteiger partial charge in [0, 0.05) is 19.2 Å². The van der Waals surface area contributed by atoms with Gasteiger partial charge in [-0.1, -0.05) is 66.7 Å². The number of benzene rings is 3. The molecule has 0 aliphatic rings. The van der Waals surface area contributed by atoms with E-state index in [1.807, 2.05) is 66.7 Å². The molecule has 3 rings (SSSR count). The van der Waals surface area contributed by atoms with Crippen LogP contribution in [0.2, 0.25) is 0 Å². The Morgan fingerprint density at radius 3 is 2.19 bits per heavy atom. The van der Waals surface area contributed by atoms with Gasteiger partial charge in [0.05, 0.1) is 0 Å². The standard InChI is InChI=1S/C24H25N3O3.ClH/c1-29-22(24(28)27-15-17-7-9-20(10-8-17)23(25)26)19-11-13-21(14-12-19)30-16-18-5-3-2-4-6-18;/h2-14,22H,15-16H2,1H3,(H3,25,26)(H,27,28);1H/t22-;/m0./s1. The molecule has 31 heavy (non-hydrogen) atoms. The van der Waals surface area contributed by atoms with Gasteiger partial charge < -0.3 is 20.5 Å². The number of nitrogens with two attached hydrogens (primary N) is 1. The zero-order chi connectivity index (χ0) is 21.3. The highest BCUT2D eigenvalue weighted by atomic mass is 35.5. The molecule has 0 aliphatic heterocycles. The van der Waals surface area contributed by atoms with Crippen molar-refractivity contribution >= 4 is 24.1 Å². The number of carbonyl (C=O) groups excluding carboxylic acids is 1. The maximum atomic E-state index is 12.6. The van der Waals surface area contributed by atoms with E-state index >= 15 is 0 Å². The molecule has 0 heterocycles. The van der Waals surface area contributed by atoms with E-state index in [9.17, 15) is 4.79 Å². The highest BCUT2D eigenvalue weighted by molar-refractivity contribution is 5.94. The Morgan fingerprint density at radius 2 is 1.61 bits per heavy atom. The van der Waals surface area contributed by atoms with Gasteiger partial charge in [0.1, 0.15) is 18.2 Å². The van der Waals surface area contributed by atoms with Crippen molar-refractivity contribution in [1.29, 1.82) is 5.41 Å². The molecular formula is C24H26ClN3O3. The van der Waals surface area contributed by atoms with Crippen molar-refractivity contribution < 1.29 is 14.3 Å². The summed E-state index contributed by atoms with van der Waals surface area (Å²) in [5.74, 6) is 0.510. The maximum Gasteiger partial charge on any atom is 0.254 e. The molecule has 1 amide bonds. The van der Waals surface area contributed by atoms with Crippen LogP contribution in [0, 0.1) is 5.41 Å². The van der Waals surface area contributed by atoms with Crippen molar-refractivity contribution in [3.63, 3.8) is 0 Å². The molecule has 1 atom stereocenters. The van der Waals surface area contributed by atoms with Crippen LogP contribution in [-0.4, -0.2) is 18.9 Å². The Labute approximate surface area is 188 Å². The second-order valence-corrected chi connectivity index (χ2v) is 6.79. The SMILES string of the molecule is CO[C@H](C(=O)NCc1ccc(C(=N)N)cc1)c1ccc(OCc2ccccc2)cc1.Cl. The number of hydrogen-bond donors (Lipinski definition) is 3. The Bertz CT molecular complexity index is 977. The van der Waals surface area contributed by atoms with Gasteiger partial charge in [-0.15, -0.1) is 12.4 Å². The predicted molar refractivity (Wildman–Crippen MR) is 124 cm³/mol. The molecule has 0 unspecified atom stereocenters. The van der Waals surface area contributed by atoms with Gasteiger partial charge in [-0.3, -0.25) is 10.2 Å². The van der Waals surface area contributed by atoms with Gasteiger partial charge in [0.15, 0.2) is 6.10 Å². The highest BCUT2D eigenvalue weighted by Crippen LogP contribution is 2.21. The first-order valence-corrected chi connectivity index (χ1v) is 9.57. The summed E-state index contributed by atoms with van der Waals surface area (Å²) in [6.45, 7) is 0.839. The molecule has 162 valence electrons. The van der Waals surface area contributed by atoms with E-state index in [0.717, 1.165) is 22.4 Å². The lowest BCUT2D eigenvalue weighted by Crippen LogP contribution is -2.30. The number of ether oxygens (including phenoxy) is 2. The van der Waals surface area contributed by atoms with Gasteiger partial charge in [0.2, 0.25) is 0 Å². The summed E-state index contributed by atoms with van der Waals surface area (Å²) in [5, 5.41) is 10.3. The van der Waals surface area contributed by atoms with E-state index < -0.39 is 6.10 Å². The molecule has 0 spiro atoms. The van der Waals surface area contributed by atoms with E-state index in [0.29, 0.717) is 18.7 Å². The van der Waals surface area contributed by atoms with Crippen LogP contribution in [-0.2, 0) is 22.7 Å². The number of carbonyl (C=O) groups is 1. The number of nitrogens with one attached hydrogen (secondary N) is 2. The number of nitrogen functional groups attached to an aromatic ring is 1. The van der Waals surface area contributed by atoms with Gasteiger partial charge in [-0.05, 0) is 28.8 Å². The van der Waals surface area contributed by atoms with Crippen molar-refractivity contribution in [2.75, 3.05) is 7.11 Å². The zero-order valence-electron chi connectivity index (χ0n) is 17.2. The summed E-state index contributed by atoms with van der Waals surface area (Å²) in [6.07, 6.45) is -0.718. The fourth-order valence-corrected chi connectivity index (χ4v) is 2.96. The van der Waals surface area contributed by atoms with Crippen LogP contribution in [0.4, 0.5) is 0 Å². The van der Waals surface area contributed by atoms with Crippen LogP contribution in [0.15, 0.2) is 78.9 Å². The quantitative estimate of drug-likeness (QED) is 0.347. The fourth-order valence-electron chi connectivity index (χ4n) is 2.96. The lowest BCUT2D eigenvalue weighted by atomic mass is 10.1. The predicted octanol–water partition coefficient (Wildman–Crippen LogP) is 3.98. The van der Waals surface area contributed by atoms with E-state index in [1.165, 1.54) is 7.11 Å². The Balaban J connectivity index is 0.00000341. The van der Waals surface area contributed by atoms with Crippen molar-refractivity contribution in [3.8, 4) is 5.75 Å². The molecule has 0 radical (unpaired) electrons. The van der Waals surface area contributed by atoms with Crippen molar-refractivity contribution in [3.05, 3.63) is 101 Å². The lowest BCUT2D eigenvalue weighted by Gasteiger charge is -2.16. The molecule has 3 aromatic carbocycles. The molecule has 6 nitrogen and oxygen atoms in total. The Kier molecular flexibility index (Phi) is 9.06. The second-order valence-electron chi connectivity index (χ2n) is 6.79. The monoisotopic (exact) mass is 439 g/mol. The summed E-state index contributed by atoms with van der Waals surface area (Å²) in [6, 6.07) is 24.4. The number of halogens is 1. The third-order valence-corrected chi connectivity index (χ3v) is 4.64. The third-order valence-electron chi connectivity index (χ3n) is 4.64. The van der Waals surface area contributed by atoms with Crippen LogP contribution in [0.3, 0.4) is 0 Å². The topological polar surface area (TPSA) is 97.4 Å². The number of hydrogen-bond acceptors (Lipinski definition) is 4. The van der Waals surface area contributed by atoms with E-state index in [1.54, 1.807) is 12.1 Å². The van der Waals surface area contributed by atoms with Crippen molar-refractivity contribution in [2.45, 2.75) is 19.3 Å². The molecule has 3 aromatic rings. The maximum absolute atomic E-state index is 12.6. The Morgan fingerprint density at radius 1 is 0.968 bits per heavy atom. The molecular weight excluding hydrogens is 414 g/mol. The van der Waals surface area contributed by atoms with Crippen LogP contribution < -0.4 is 15.8 Å². The molecule has 0 saturated carbocycles. The van der Waals surface area contributed by atoms with Crippen LogP contribution in [0.25, 0.3) is 0 Å². The molecule has 0 aromatic heterocycles. The average molecular weight is 440 g/mol. The first-order chi connectivity index (χ1) is 14.6. The number of methoxy groups -OCH3 is 1. The van der Waals surface area contributed by atoms with E-state index in [2.05, 4.69) is 5.32 Å². The minimum Gasteiger partial charge on any atom is -0.489 e. The molecule has 7 heteroatoms. The average Bonchev–Trinajstić information content (AvgIpc) is 2.78. The number of rotatable bonds is 9. The summed E-state index contributed by atoms with van der Waals surface area (Å²) in [7, 11) is 1.51.